The molecule has 1 aliphatic heterocycles. The molecule has 1 saturated heterocycles. The predicted molar refractivity (Wildman–Crippen MR) is 37.2 cm³/mol. The molecule has 0 spiro atoms. The molecule has 1 atom stereocenters. The molecule has 3 heteroatoms. The van der Waals surface area contributed by atoms with Crippen molar-refractivity contribution < 1.29 is 9.90 Å². The first-order valence-electron chi connectivity index (χ1n) is 3.70. The van der Waals surface area contributed by atoms with Gasteiger partial charge in [-0.25, -0.2) is 0 Å². The molecule has 1 fully saturated rings. The summed E-state index contributed by atoms with van der Waals surface area (Å²) in [4.78, 5) is 12.5. The number of aliphatic hydroxyl groups excluding tert-OH is 1. The molecule has 0 unspecified atom stereocenters. The number of aliphatic hydroxyl groups is 1. The first-order chi connectivity index (χ1) is 4.79. The molecule has 1 rings (SSSR count). The molecule has 0 radical (unpaired) electrons. The number of likely N-dealkylation sites (tertiary alicyclic amines) is 1. The lowest BCUT2D eigenvalue weighted by Crippen LogP contribution is -2.33. The Morgan fingerprint density at radius 3 is 2.90 bits per heavy atom. The summed E-state index contributed by atoms with van der Waals surface area (Å²) in [6.45, 7) is 1.92. The summed E-state index contributed by atoms with van der Waals surface area (Å²) in [5, 5.41) is 8.74. The Balaban J connectivity index is 2.54. The van der Waals surface area contributed by atoms with Gasteiger partial charge in [-0.05, 0) is 12.8 Å². The molecule has 10 heavy (non-hydrogen) atoms. The largest absolute Gasteiger partial charge is 0.376 e. The van der Waals surface area contributed by atoms with Gasteiger partial charge in [-0.3, -0.25) is 4.79 Å². The topological polar surface area (TPSA) is 40.5 Å². The Morgan fingerprint density at radius 2 is 2.50 bits per heavy atom. The van der Waals surface area contributed by atoms with E-state index in [4.69, 9.17) is 5.11 Å². The van der Waals surface area contributed by atoms with Crippen molar-refractivity contribution in [3.05, 3.63) is 0 Å². The molecule has 1 heterocycles. The standard InChI is InChI=1S/C7H13NO2/c1-2-6-3-4-7(10)8(6)5-9/h6,9H,2-5H2,1H3/t6-/m1/s1. The van der Waals surface area contributed by atoms with Crippen LogP contribution in [-0.2, 0) is 4.79 Å². The quantitative estimate of drug-likeness (QED) is 0.605. The highest BCUT2D eigenvalue weighted by Crippen LogP contribution is 2.19. The molecular weight excluding hydrogens is 130 g/mol. The minimum absolute atomic E-state index is 0.0920. The van der Waals surface area contributed by atoms with Crippen LogP contribution in [0.5, 0.6) is 0 Å². The summed E-state index contributed by atoms with van der Waals surface area (Å²) < 4.78 is 0. The average molecular weight is 143 g/mol. The fourth-order valence-electron chi connectivity index (χ4n) is 1.41. The summed E-state index contributed by atoms with van der Waals surface area (Å²) in [5.74, 6) is 0.0920. The van der Waals surface area contributed by atoms with Crippen LogP contribution in [0.1, 0.15) is 26.2 Å². The van der Waals surface area contributed by atoms with Crippen LogP contribution in [0.25, 0.3) is 0 Å². The van der Waals surface area contributed by atoms with E-state index in [1.807, 2.05) is 6.92 Å². The summed E-state index contributed by atoms with van der Waals surface area (Å²) >= 11 is 0. The second-order valence-corrected chi connectivity index (χ2v) is 2.61. The summed E-state index contributed by atoms with van der Waals surface area (Å²) in [6.07, 6.45) is 2.47. The second kappa shape index (κ2) is 3.01. The molecule has 0 bridgehead atoms. The molecule has 0 aromatic heterocycles. The fourth-order valence-corrected chi connectivity index (χ4v) is 1.41. The number of hydrogen-bond donors (Lipinski definition) is 1. The molecule has 3 nitrogen and oxygen atoms in total. The second-order valence-electron chi connectivity index (χ2n) is 2.61. The zero-order chi connectivity index (χ0) is 7.56. The normalized spacial score (nSPS) is 26.0. The Morgan fingerprint density at radius 1 is 1.80 bits per heavy atom. The Hall–Kier alpha value is -0.570. The van der Waals surface area contributed by atoms with Crippen molar-refractivity contribution in [2.45, 2.75) is 32.2 Å². The zero-order valence-electron chi connectivity index (χ0n) is 6.21. The molecular formula is C7H13NO2. The van der Waals surface area contributed by atoms with E-state index in [-0.39, 0.29) is 18.7 Å². The van der Waals surface area contributed by atoms with Crippen LogP contribution in [-0.4, -0.2) is 28.7 Å². The van der Waals surface area contributed by atoms with Crippen LogP contribution >= 0.6 is 0 Å². The molecule has 58 valence electrons. The number of rotatable bonds is 2. The third-order valence-electron chi connectivity index (χ3n) is 2.08. The van der Waals surface area contributed by atoms with Crippen LogP contribution in [0, 0.1) is 0 Å². The van der Waals surface area contributed by atoms with E-state index >= 15 is 0 Å². The van der Waals surface area contributed by atoms with Gasteiger partial charge in [0.15, 0.2) is 0 Å². The fraction of sp³-hybridized carbons (Fsp3) is 0.857. The van der Waals surface area contributed by atoms with Crippen molar-refractivity contribution in [2.75, 3.05) is 6.73 Å². The van der Waals surface area contributed by atoms with E-state index in [0.717, 1.165) is 12.8 Å². The number of carbonyl (C=O) groups excluding carboxylic acids is 1. The zero-order valence-corrected chi connectivity index (χ0v) is 6.21. The first-order valence-corrected chi connectivity index (χ1v) is 3.70. The smallest absolute Gasteiger partial charge is 0.224 e. The molecule has 1 N–H and O–H groups in total. The SMILES string of the molecule is CC[C@@H]1CCC(=O)N1CO. The minimum atomic E-state index is -0.114. The summed E-state index contributed by atoms with van der Waals surface area (Å²) in [5.41, 5.74) is 0. The number of nitrogens with zero attached hydrogens (tertiary/aromatic N) is 1. The maximum absolute atomic E-state index is 10.9. The minimum Gasteiger partial charge on any atom is -0.376 e. The highest BCUT2D eigenvalue weighted by atomic mass is 16.3. The van der Waals surface area contributed by atoms with E-state index in [2.05, 4.69) is 0 Å². The van der Waals surface area contributed by atoms with Crippen molar-refractivity contribution in [2.24, 2.45) is 0 Å². The Bertz CT molecular complexity index is 136. The lowest BCUT2D eigenvalue weighted by atomic mass is 10.2. The van der Waals surface area contributed by atoms with Gasteiger partial charge in [-0.1, -0.05) is 6.92 Å². The van der Waals surface area contributed by atoms with Crippen LogP contribution in [0.3, 0.4) is 0 Å². The van der Waals surface area contributed by atoms with E-state index in [1.165, 1.54) is 0 Å². The third kappa shape index (κ3) is 1.14. The van der Waals surface area contributed by atoms with Crippen LogP contribution < -0.4 is 0 Å². The number of amides is 1. The van der Waals surface area contributed by atoms with Gasteiger partial charge in [-0.2, -0.15) is 0 Å². The first kappa shape index (κ1) is 7.54. The average Bonchev–Trinajstić information content (AvgIpc) is 2.30. The maximum atomic E-state index is 10.9. The Kier molecular flexibility index (Phi) is 2.27. The van der Waals surface area contributed by atoms with Crippen LogP contribution in [0.4, 0.5) is 0 Å². The summed E-state index contributed by atoms with van der Waals surface area (Å²) in [7, 11) is 0. The van der Waals surface area contributed by atoms with E-state index < -0.39 is 0 Å². The predicted octanol–water partition coefficient (Wildman–Crippen LogP) is 0.337. The van der Waals surface area contributed by atoms with E-state index in [1.54, 1.807) is 4.90 Å². The van der Waals surface area contributed by atoms with Gasteiger partial charge < -0.3 is 10.0 Å². The number of hydrogen-bond acceptors (Lipinski definition) is 2. The molecule has 0 aliphatic carbocycles. The van der Waals surface area contributed by atoms with Crippen LogP contribution in [0.15, 0.2) is 0 Å². The molecule has 0 aromatic carbocycles. The third-order valence-corrected chi connectivity index (χ3v) is 2.08. The maximum Gasteiger partial charge on any atom is 0.224 e. The van der Waals surface area contributed by atoms with Crippen molar-refractivity contribution in [1.29, 1.82) is 0 Å². The monoisotopic (exact) mass is 143 g/mol. The van der Waals surface area contributed by atoms with Gasteiger partial charge in [0.25, 0.3) is 0 Å². The van der Waals surface area contributed by atoms with Gasteiger partial charge in [0.2, 0.25) is 5.91 Å². The molecule has 1 aliphatic rings. The van der Waals surface area contributed by atoms with Gasteiger partial charge in [0.05, 0.1) is 0 Å². The number of carbonyl (C=O) groups is 1. The van der Waals surface area contributed by atoms with Gasteiger partial charge >= 0.3 is 0 Å². The highest BCUT2D eigenvalue weighted by molar-refractivity contribution is 5.78. The lowest BCUT2D eigenvalue weighted by molar-refractivity contribution is -0.132. The van der Waals surface area contributed by atoms with Gasteiger partial charge in [0, 0.05) is 12.5 Å². The molecule has 0 saturated carbocycles. The van der Waals surface area contributed by atoms with Gasteiger partial charge in [0.1, 0.15) is 6.73 Å². The lowest BCUT2D eigenvalue weighted by Gasteiger charge is -2.20. The molecule has 1 amide bonds. The molecule has 0 aromatic rings. The van der Waals surface area contributed by atoms with Crippen molar-refractivity contribution in [1.82, 2.24) is 4.90 Å². The van der Waals surface area contributed by atoms with E-state index in [0.29, 0.717) is 6.42 Å². The van der Waals surface area contributed by atoms with Crippen molar-refractivity contribution >= 4 is 5.91 Å². The van der Waals surface area contributed by atoms with Crippen molar-refractivity contribution in [3.63, 3.8) is 0 Å². The Labute approximate surface area is 60.6 Å². The van der Waals surface area contributed by atoms with Gasteiger partial charge in [-0.15, -0.1) is 0 Å². The summed E-state index contributed by atoms with van der Waals surface area (Å²) in [6, 6.07) is 0.289. The van der Waals surface area contributed by atoms with Crippen LogP contribution in [0.2, 0.25) is 0 Å². The van der Waals surface area contributed by atoms with E-state index in [9.17, 15) is 4.79 Å². The van der Waals surface area contributed by atoms with Crippen molar-refractivity contribution in [3.8, 4) is 0 Å². The highest BCUT2D eigenvalue weighted by Gasteiger charge is 2.28.